The number of hydrogen-bond donors (Lipinski definition) is 1. The average Bonchev–Trinajstić information content (AvgIpc) is 2.65. The summed E-state index contributed by atoms with van der Waals surface area (Å²) in [6.07, 6.45) is 1.57. The molecule has 26 heavy (non-hydrogen) atoms. The summed E-state index contributed by atoms with van der Waals surface area (Å²) < 4.78 is 18.4. The van der Waals surface area contributed by atoms with Crippen LogP contribution in [-0.2, 0) is 15.3 Å². The van der Waals surface area contributed by atoms with E-state index in [4.69, 9.17) is 4.74 Å². The number of piperidine rings is 1. The molecule has 1 aliphatic heterocycles. The maximum Gasteiger partial charge on any atom is 0.308 e. The summed E-state index contributed by atoms with van der Waals surface area (Å²) >= 11 is 1.69. The molecule has 0 radical (unpaired) electrons. The van der Waals surface area contributed by atoms with Gasteiger partial charge in [0.05, 0.1) is 13.0 Å². The quantitative estimate of drug-likeness (QED) is 0.216. The monoisotopic (exact) mass is 495 g/mol. The Hall–Kier alpha value is -1.03. The molecule has 1 heterocycles. The van der Waals surface area contributed by atoms with Crippen molar-refractivity contribution >= 4 is 47.7 Å². The number of ether oxygens (including phenoxy) is 1. The van der Waals surface area contributed by atoms with Crippen molar-refractivity contribution in [3.05, 3.63) is 35.6 Å². The number of benzene rings is 1. The zero-order chi connectivity index (χ0) is 18.1. The van der Waals surface area contributed by atoms with E-state index >= 15 is 0 Å². The van der Waals surface area contributed by atoms with E-state index in [0.717, 1.165) is 49.8 Å². The zero-order valence-electron chi connectivity index (χ0n) is 15.2. The summed E-state index contributed by atoms with van der Waals surface area (Å²) in [5, 5.41) is 3.34. The van der Waals surface area contributed by atoms with E-state index < -0.39 is 0 Å². The number of methoxy groups -OCH3 is 1. The third kappa shape index (κ3) is 6.94. The number of likely N-dealkylation sites (tertiary alicyclic amines) is 1. The number of guanidine groups is 1. The third-order valence-electron chi connectivity index (χ3n) is 4.29. The number of aliphatic imine (C=N–C) groups is 1. The second-order valence-electron chi connectivity index (χ2n) is 5.90. The van der Waals surface area contributed by atoms with Gasteiger partial charge in [0.25, 0.3) is 0 Å². The molecule has 0 unspecified atom stereocenters. The van der Waals surface area contributed by atoms with Crippen LogP contribution in [0, 0.1) is 11.7 Å². The van der Waals surface area contributed by atoms with Crippen LogP contribution in [0.5, 0.6) is 0 Å². The van der Waals surface area contributed by atoms with E-state index in [2.05, 4.69) is 15.2 Å². The molecule has 8 heteroatoms. The fraction of sp³-hybridized carbons (Fsp3) is 0.556. The number of nitrogens with one attached hydrogen (secondary N) is 1. The highest BCUT2D eigenvalue weighted by molar-refractivity contribution is 14.0. The predicted octanol–water partition coefficient (Wildman–Crippen LogP) is 3.14. The van der Waals surface area contributed by atoms with Crippen molar-refractivity contribution < 1.29 is 13.9 Å². The first kappa shape index (κ1) is 23.0. The number of nitrogens with zero attached hydrogens (tertiary/aromatic N) is 2. The summed E-state index contributed by atoms with van der Waals surface area (Å²) in [7, 11) is 3.20. The molecule has 1 N–H and O–H groups in total. The molecule has 0 saturated carbocycles. The predicted molar refractivity (Wildman–Crippen MR) is 116 cm³/mol. The van der Waals surface area contributed by atoms with E-state index in [9.17, 15) is 9.18 Å². The van der Waals surface area contributed by atoms with Gasteiger partial charge in [-0.3, -0.25) is 9.79 Å². The van der Waals surface area contributed by atoms with Gasteiger partial charge in [-0.1, -0.05) is 18.2 Å². The van der Waals surface area contributed by atoms with Gasteiger partial charge in [0, 0.05) is 38.2 Å². The standard InChI is InChI=1S/C18H26FN3O2S.HI/c1-20-18(22-10-7-14(8-11-22)17(23)24-2)21-9-12-25-13-15-5-3-4-6-16(15)19;/h3-6,14H,7-13H2,1-2H3,(H,20,21);1H. The van der Waals surface area contributed by atoms with Crippen LogP contribution in [-0.4, -0.2) is 56.4 Å². The van der Waals surface area contributed by atoms with Gasteiger partial charge in [0.2, 0.25) is 0 Å². The average molecular weight is 495 g/mol. The van der Waals surface area contributed by atoms with Crippen LogP contribution >= 0.6 is 35.7 Å². The van der Waals surface area contributed by atoms with Crippen LogP contribution in [0.15, 0.2) is 29.3 Å². The Morgan fingerprint density at radius 2 is 2.08 bits per heavy atom. The maximum absolute atomic E-state index is 13.6. The normalized spacial score (nSPS) is 15.3. The summed E-state index contributed by atoms with van der Waals surface area (Å²) in [4.78, 5) is 18.1. The minimum atomic E-state index is -0.146. The van der Waals surface area contributed by atoms with E-state index in [1.54, 1.807) is 24.9 Å². The van der Waals surface area contributed by atoms with Crippen LogP contribution in [0.4, 0.5) is 4.39 Å². The van der Waals surface area contributed by atoms with E-state index in [-0.39, 0.29) is 41.7 Å². The molecule has 2 rings (SSSR count). The molecule has 0 amide bonds. The summed E-state index contributed by atoms with van der Waals surface area (Å²) in [6, 6.07) is 6.88. The number of rotatable bonds is 6. The maximum atomic E-state index is 13.6. The number of halogens is 2. The number of thioether (sulfide) groups is 1. The van der Waals surface area contributed by atoms with Crippen molar-refractivity contribution in [2.24, 2.45) is 10.9 Å². The Balaban J connectivity index is 0.00000338. The first-order chi connectivity index (χ1) is 12.2. The molecule has 1 fully saturated rings. The van der Waals surface area contributed by atoms with E-state index in [0.29, 0.717) is 5.75 Å². The number of carbonyl (C=O) groups excluding carboxylic acids is 1. The molecule has 146 valence electrons. The van der Waals surface area contributed by atoms with Crippen molar-refractivity contribution in [1.82, 2.24) is 10.2 Å². The minimum Gasteiger partial charge on any atom is -0.469 e. The first-order valence-corrected chi connectivity index (χ1v) is 9.65. The SMILES string of the molecule is CN=C(NCCSCc1ccccc1F)N1CCC(C(=O)OC)CC1.I. The Bertz CT molecular complexity index is 596. The zero-order valence-corrected chi connectivity index (χ0v) is 18.4. The molecule has 1 saturated heterocycles. The molecule has 1 aromatic rings. The van der Waals surface area contributed by atoms with Crippen molar-refractivity contribution in [1.29, 1.82) is 0 Å². The molecule has 0 bridgehead atoms. The van der Waals surface area contributed by atoms with Gasteiger partial charge in [-0.05, 0) is 24.5 Å². The Labute approximate surface area is 176 Å². The lowest BCUT2D eigenvalue weighted by Gasteiger charge is -2.33. The van der Waals surface area contributed by atoms with Crippen LogP contribution in [0.1, 0.15) is 18.4 Å². The minimum absolute atomic E-state index is 0. The van der Waals surface area contributed by atoms with Gasteiger partial charge in [-0.15, -0.1) is 24.0 Å². The lowest BCUT2D eigenvalue weighted by molar-refractivity contribution is -0.146. The molecule has 0 atom stereocenters. The second-order valence-corrected chi connectivity index (χ2v) is 7.01. The van der Waals surface area contributed by atoms with Gasteiger partial charge in [-0.2, -0.15) is 11.8 Å². The van der Waals surface area contributed by atoms with Crippen molar-refractivity contribution in [2.75, 3.05) is 39.5 Å². The largest absolute Gasteiger partial charge is 0.469 e. The number of carbonyl (C=O) groups is 1. The third-order valence-corrected chi connectivity index (χ3v) is 5.29. The first-order valence-electron chi connectivity index (χ1n) is 8.50. The fourth-order valence-electron chi connectivity index (χ4n) is 2.86. The van der Waals surface area contributed by atoms with Gasteiger partial charge in [0.1, 0.15) is 5.82 Å². The summed E-state index contributed by atoms with van der Waals surface area (Å²) in [5.41, 5.74) is 0.738. The molecule has 0 aliphatic carbocycles. The van der Waals surface area contributed by atoms with Crippen LogP contribution in [0.2, 0.25) is 0 Å². The number of esters is 1. The molecule has 5 nitrogen and oxygen atoms in total. The van der Waals surface area contributed by atoms with Crippen LogP contribution < -0.4 is 5.32 Å². The van der Waals surface area contributed by atoms with Crippen molar-refractivity contribution in [3.63, 3.8) is 0 Å². The van der Waals surface area contributed by atoms with Gasteiger partial charge in [-0.25, -0.2) is 4.39 Å². The Kier molecular flexibility index (Phi) is 11.0. The van der Waals surface area contributed by atoms with Gasteiger partial charge >= 0.3 is 5.97 Å². The molecule has 0 aromatic heterocycles. The summed E-state index contributed by atoms with van der Waals surface area (Å²) in [6.45, 7) is 2.35. The lowest BCUT2D eigenvalue weighted by Crippen LogP contribution is -2.47. The van der Waals surface area contributed by atoms with Crippen LogP contribution in [0.25, 0.3) is 0 Å². The highest BCUT2D eigenvalue weighted by Crippen LogP contribution is 2.18. The lowest BCUT2D eigenvalue weighted by atomic mass is 9.97. The molecular weight excluding hydrogens is 468 g/mol. The highest BCUT2D eigenvalue weighted by atomic mass is 127. The second kappa shape index (κ2) is 12.4. The Morgan fingerprint density at radius 1 is 1.38 bits per heavy atom. The van der Waals surface area contributed by atoms with Crippen molar-refractivity contribution in [3.8, 4) is 0 Å². The smallest absolute Gasteiger partial charge is 0.308 e. The fourth-order valence-corrected chi connectivity index (χ4v) is 3.70. The van der Waals surface area contributed by atoms with Crippen LogP contribution in [0.3, 0.4) is 0 Å². The molecule has 0 spiro atoms. The van der Waals surface area contributed by atoms with E-state index in [1.165, 1.54) is 13.2 Å². The molecular formula is C18H27FIN3O2S. The van der Waals surface area contributed by atoms with Crippen molar-refractivity contribution in [2.45, 2.75) is 18.6 Å². The molecule has 1 aromatic carbocycles. The Morgan fingerprint density at radius 3 is 2.69 bits per heavy atom. The highest BCUT2D eigenvalue weighted by Gasteiger charge is 2.26. The molecule has 1 aliphatic rings. The van der Waals surface area contributed by atoms with Gasteiger partial charge < -0.3 is 15.0 Å². The number of hydrogen-bond acceptors (Lipinski definition) is 4. The van der Waals surface area contributed by atoms with E-state index in [1.807, 2.05) is 12.1 Å². The summed E-state index contributed by atoms with van der Waals surface area (Å²) in [5.74, 6) is 2.12. The topological polar surface area (TPSA) is 53.9 Å². The van der Waals surface area contributed by atoms with Gasteiger partial charge in [0.15, 0.2) is 5.96 Å².